The number of halogens is 1. The van der Waals surface area contributed by atoms with Gasteiger partial charge in [0.2, 0.25) is 0 Å². The number of pyridine rings is 1. The summed E-state index contributed by atoms with van der Waals surface area (Å²) < 4.78 is 5.09. The van der Waals surface area contributed by atoms with E-state index in [0.717, 1.165) is 10.5 Å². The minimum atomic E-state index is -0.494. The Kier molecular flexibility index (Phi) is 4.12. The van der Waals surface area contributed by atoms with Gasteiger partial charge in [-0.1, -0.05) is 29.8 Å². The van der Waals surface area contributed by atoms with Gasteiger partial charge >= 0.3 is 0 Å². The highest BCUT2D eigenvalue weighted by molar-refractivity contribution is 6.55. The molecule has 23 heavy (non-hydrogen) atoms. The second-order valence-corrected chi connectivity index (χ2v) is 5.35. The van der Waals surface area contributed by atoms with Gasteiger partial charge in [0.15, 0.2) is 0 Å². The minimum absolute atomic E-state index is 0.0657. The quantitative estimate of drug-likeness (QED) is 0.809. The van der Waals surface area contributed by atoms with E-state index < -0.39 is 11.8 Å². The average molecular weight is 329 g/mol. The van der Waals surface area contributed by atoms with Crippen molar-refractivity contribution in [3.05, 3.63) is 65.0 Å². The first-order valence-electron chi connectivity index (χ1n) is 6.91. The molecule has 0 aliphatic carbocycles. The number of benzene rings is 1. The molecule has 5 nitrogen and oxygen atoms in total. The van der Waals surface area contributed by atoms with E-state index in [4.69, 9.17) is 16.3 Å². The molecule has 0 atom stereocenters. The maximum atomic E-state index is 12.6. The average Bonchev–Trinajstić information content (AvgIpc) is 2.80. The second kappa shape index (κ2) is 6.22. The van der Waals surface area contributed by atoms with Gasteiger partial charge in [-0.15, -0.1) is 0 Å². The van der Waals surface area contributed by atoms with Gasteiger partial charge in [0.05, 0.1) is 19.2 Å². The van der Waals surface area contributed by atoms with Gasteiger partial charge < -0.3 is 4.74 Å². The number of hydrogen-bond acceptors (Lipinski definition) is 4. The molecular weight excluding hydrogens is 316 g/mol. The van der Waals surface area contributed by atoms with Crippen molar-refractivity contribution < 1.29 is 14.3 Å². The van der Waals surface area contributed by atoms with E-state index in [0.29, 0.717) is 11.3 Å². The molecule has 0 fully saturated rings. The molecule has 3 rings (SSSR count). The summed E-state index contributed by atoms with van der Waals surface area (Å²) in [7, 11) is 1.56. The van der Waals surface area contributed by atoms with E-state index in [1.807, 2.05) is 0 Å². The predicted molar refractivity (Wildman–Crippen MR) is 85.6 cm³/mol. The van der Waals surface area contributed by atoms with Gasteiger partial charge in [0.25, 0.3) is 11.8 Å². The third-order valence-corrected chi connectivity index (χ3v) is 3.90. The van der Waals surface area contributed by atoms with Gasteiger partial charge in [-0.2, -0.15) is 0 Å². The van der Waals surface area contributed by atoms with Crippen LogP contribution in [-0.2, 0) is 16.1 Å². The van der Waals surface area contributed by atoms with Crippen LogP contribution < -0.4 is 4.74 Å². The summed E-state index contributed by atoms with van der Waals surface area (Å²) in [5.41, 5.74) is 1.56. The Morgan fingerprint density at radius 2 is 1.87 bits per heavy atom. The molecular formula is C17H13ClN2O3. The van der Waals surface area contributed by atoms with Gasteiger partial charge in [0, 0.05) is 12.4 Å². The van der Waals surface area contributed by atoms with Crippen molar-refractivity contribution in [2.45, 2.75) is 6.54 Å². The number of hydrogen-bond donors (Lipinski definition) is 0. The first-order valence-corrected chi connectivity index (χ1v) is 7.29. The fourth-order valence-corrected chi connectivity index (χ4v) is 2.66. The Balaban J connectivity index is 1.89. The van der Waals surface area contributed by atoms with Crippen LogP contribution in [0, 0.1) is 0 Å². The molecule has 1 aliphatic heterocycles. The van der Waals surface area contributed by atoms with E-state index in [2.05, 4.69) is 4.98 Å². The van der Waals surface area contributed by atoms with Crippen LogP contribution in [0.4, 0.5) is 0 Å². The number of aromatic nitrogens is 1. The fraction of sp³-hybridized carbons (Fsp3) is 0.118. The number of ether oxygens (including phenoxy) is 1. The standard InChI is InChI=1S/C17H13ClN2O3/c1-23-13-6-4-12(5-7-13)14-15(18)17(22)20(16(14)21)10-11-3-2-8-19-9-11/h2-9H,10H2,1H3. The van der Waals surface area contributed by atoms with Gasteiger partial charge in [-0.3, -0.25) is 19.5 Å². The monoisotopic (exact) mass is 328 g/mol. The number of amides is 2. The maximum Gasteiger partial charge on any atom is 0.273 e. The number of methoxy groups -OCH3 is 1. The van der Waals surface area contributed by atoms with E-state index >= 15 is 0 Å². The lowest BCUT2D eigenvalue weighted by atomic mass is 10.1. The molecule has 1 aromatic heterocycles. The topological polar surface area (TPSA) is 59.5 Å². The zero-order chi connectivity index (χ0) is 16.4. The Morgan fingerprint density at radius 3 is 2.48 bits per heavy atom. The molecule has 0 saturated heterocycles. The van der Waals surface area contributed by atoms with Gasteiger partial charge in [-0.05, 0) is 29.3 Å². The van der Waals surface area contributed by atoms with Crippen LogP contribution in [0.3, 0.4) is 0 Å². The lowest BCUT2D eigenvalue weighted by Gasteiger charge is -2.14. The number of carbonyl (C=O) groups is 2. The van der Waals surface area contributed by atoms with Crippen LogP contribution in [0.1, 0.15) is 11.1 Å². The van der Waals surface area contributed by atoms with Crippen molar-refractivity contribution in [1.82, 2.24) is 9.88 Å². The van der Waals surface area contributed by atoms with Crippen molar-refractivity contribution in [2.75, 3.05) is 7.11 Å². The summed E-state index contributed by atoms with van der Waals surface area (Å²) in [5.74, 6) is -0.241. The molecule has 0 saturated carbocycles. The van der Waals surface area contributed by atoms with Crippen molar-refractivity contribution >= 4 is 29.0 Å². The summed E-state index contributed by atoms with van der Waals surface area (Å²) >= 11 is 6.11. The molecule has 0 spiro atoms. The number of nitrogens with zero attached hydrogens (tertiary/aromatic N) is 2. The van der Waals surface area contributed by atoms with Crippen LogP contribution in [0.15, 0.2) is 53.8 Å². The van der Waals surface area contributed by atoms with Crippen LogP contribution in [0.25, 0.3) is 5.57 Å². The first-order chi connectivity index (χ1) is 11.1. The Morgan fingerprint density at radius 1 is 1.13 bits per heavy atom. The van der Waals surface area contributed by atoms with Gasteiger partial charge in [-0.25, -0.2) is 0 Å². The van der Waals surface area contributed by atoms with Crippen molar-refractivity contribution in [2.24, 2.45) is 0 Å². The normalized spacial score (nSPS) is 14.6. The van der Waals surface area contributed by atoms with E-state index in [1.54, 1.807) is 55.9 Å². The van der Waals surface area contributed by atoms with Crippen LogP contribution in [0.2, 0.25) is 0 Å². The summed E-state index contributed by atoms with van der Waals surface area (Å²) in [6.07, 6.45) is 3.24. The molecule has 2 heterocycles. The maximum absolute atomic E-state index is 12.6. The van der Waals surface area contributed by atoms with Crippen LogP contribution in [-0.4, -0.2) is 28.8 Å². The number of rotatable bonds is 4. The fourth-order valence-electron chi connectivity index (χ4n) is 2.37. The molecule has 6 heteroatoms. The second-order valence-electron chi connectivity index (χ2n) is 4.98. The van der Waals surface area contributed by atoms with Crippen molar-refractivity contribution in [3.63, 3.8) is 0 Å². The summed E-state index contributed by atoms with van der Waals surface area (Å²) in [6.45, 7) is 0.140. The lowest BCUT2D eigenvalue weighted by Crippen LogP contribution is -2.30. The van der Waals surface area contributed by atoms with E-state index in [1.165, 1.54) is 0 Å². The minimum Gasteiger partial charge on any atom is -0.497 e. The highest BCUT2D eigenvalue weighted by atomic mass is 35.5. The van der Waals surface area contributed by atoms with Crippen molar-refractivity contribution in [3.8, 4) is 5.75 Å². The molecule has 1 aromatic carbocycles. The smallest absolute Gasteiger partial charge is 0.273 e. The lowest BCUT2D eigenvalue weighted by molar-refractivity contribution is -0.137. The van der Waals surface area contributed by atoms with E-state index in [-0.39, 0.29) is 17.2 Å². The number of imide groups is 1. The summed E-state index contributed by atoms with van der Waals surface area (Å²) in [6, 6.07) is 10.4. The summed E-state index contributed by atoms with van der Waals surface area (Å²) in [5, 5.41) is -0.0657. The van der Waals surface area contributed by atoms with E-state index in [9.17, 15) is 9.59 Å². The molecule has 2 amide bonds. The highest BCUT2D eigenvalue weighted by Gasteiger charge is 2.38. The van der Waals surface area contributed by atoms with Gasteiger partial charge in [0.1, 0.15) is 10.8 Å². The molecule has 0 unspecified atom stereocenters. The zero-order valence-corrected chi connectivity index (χ0v) is 13.1. The molecule has 0 radical (unpaired) electrons. The summed E-state index contributed by atoms with van der Waals surface area (Å²) in [4.78, 5) is 30.0. The Hall–Kier alpha value is -2.66. The van der Waals surface area contributed by atoms with Crippen LogP contribution in [0.5, 0.6) is 5.75 Å². The SMILES string of the molecule is COc1ccc(C2=C(Cl)C(=O)N(Cc3cccnc3)C2=O)cc1. The zero-order valence-electron chi connectivity index (χ0n) is 12.3. The Labute approximate surface area is 138 Å². The molecule has 1 aliphatic rings. The molecule has 116 valence electrons. The highest BCUT2D eigenvalue weighted by Crippen LogP contribution is 2.33. The largest absolute Gasteiger partial charge is 0.497 e. The molecule has 0 bridgehead atoms. The predicted octanol–water partition coefficient (Wildman–Crippen LogP) is 2.61. The van der Waals surface area contributed by atoms with Crippen molar-refractivity contribution in [1.29, 1.82) is 0 Å². The molecule has 0 N–H and O–H groups in total. The number of carbonyl (C=O) groups excluding carboxylic acids is 2. The Bertz CT molecular complexity index is 785. The third-order valence-electron chi connectivity index (χ3n) is 3.55. The first kappa shape index (κ1) is 15.2. The third kappa shape index (κ3) is 2.83. The van der Waals surface area contributed by atoms with Crippen LogP contribution >= 0.6 is 11.6 Å². The molecule has 2 aromatic rings.